The van der Waals surface area contributed by atoms with Gasteiger partial charge in [-0.1, -0.05) is 134 Å². The molecule has 0 aromatic heterocycles. The minimum Gasteiger partial charge on any atom is -1.00 e. The van der Waals surface area contributed by atoms with Crippen LogP contribution in [0, 0.1) is 28.7 Å². The van der Waals surface area contributed by atoms with Crippen LogP contribution in [-0.4, -0.2) is 11.0 Å². The van der Waals surface area contributed by atoms with Gasteiger partial charge in [-0.2, -0.15) is 12.1 Å². The van der Waals surface area contributed by atoms with Crippen LogP contribution in [0.1, 0.15) is 11.1 Å². The molecule has 10 rings (SSSR count). The average molecular weight is 831 g/mol. The zero-order chi connectivity index (χ0) is 32.2. The Labute approximate surface area is 355 Å². The summed E-state index contributed by atoms with van der Waals surface area (Å²) in [6, 6.07) is 61.9. The van der Waals surface area contributed by atoms with E-state index in [2.05, 4.69) is 184 Å². The third-order valence-corrected chi connectivity index (χ3v) is 9.91. The molecule has 4 heteroatoms. The van der Waals surface area contributed by atoms with E-state index in [9.17, 15) is 0 Å². The van der Waals surface area contributed by atoms with Crippen LogP contribution in [-0.2, 0) is 26.2 Å². The van der Waals surface area contributed by atoms with Crippen LogP contribution in [0.4, 0.5) is 0 Å². The van der Waals surface area contributed by atoms with E-state index >= 15 is 0 Å². The van der Waals surface area contributed by atoms with Crippen molar-refractivity contribution in [3.05, 3.63) is 196 Å². The zero-order valence-electron chi connectivity index (χ0n) is 30.9. The van der Waals surface area contributed by atoms with Gasteiger partial charge in [-0.3, -0.25) is 0 Å². The molecule has 266 valence electrons. The Morgan fingerprint density at radius 1 is 0.333 bits per heavy atom. The molecule has 0 aliphatic rings. The first-order chi connectivity index (χ1) is 23.6. The van der Waals surface area contributed by atoms with Gasteiger partial charge in [0, 0.05) is 11.0 Å². The molecule has 0 fully saturated rings. The van der Waals surface area contributed by atoms with Crippen LogP contribution in [0.3, 0.4) is 0 Å². The topological polar surface area (TPSA) is 0 Å². The van der Waals surface area contributed by atoms with Crippen molar-refractivity contribution in [2.24, 2.45) is 0 Å². The number of hydrogen-bond acceptors (Lipinski definition) is 0. The molecule has 0 amide bonds. The normalized spacial score (nSPS) is 10.3. The molecular weight excluding hydrogens is 791 g/mol. The largest absolute Gasteiger partial charge is 2.00 e. The Balaban J connectivity index is 0.000000261. The smallest absolute Gasteiger partial charge is 1.00 e. The fourth-order valence-corrected chi connectivity index (χ4v) is 7.79. The molecule has 10 aromatic carbocycles. The standard InChI is InChI=1S/2C24H17.2CH3.2ClH.Si.Zr/c2*1-16-13-17-8-6-12-22(23(17)14-16)24-15-18-7-2-3-9-19(18)20-10-4-5-11-21(20)24;;;;;;/h2*2-15H,1H3;2*1H3;2*1H;;/q4*-1;;;;+2/p-2. The van der Waals surface area contributed by atoms with Gasteiger partial charge in [-0.15, -0.1) is 69.1 Å². The van der Waals surface area contributed by atoms with E-state index in [-0.39, 0.29) is 76.8 Å². The monoisotopic (exact) mass is 828 g/mol. The van der Waals surface area contributed by atoms with Gasteiger partial charge in [-0.25, -0.2) is 0 Å². The number of halogens is 2. The van der Waals surface area contributed by atoms with E-state index < -0.39 is 0 Å². The van der Waals surface area contributed by atoms with E-state index in [1.54, 1.807) is 0 Å². The second-order valence-corrected chi connectivity index (χ2v) is 13.1. The molecule has 0 heterocycles. The molecular formula is C50H40Cl2SiZr-4. The SMILES string of the molecule is Cc1cc2c(-c3cc4ccccc4c4ccccc34)cccc2[cH-]1.Cc1cc2c(-c3cc4ccccc4c4ccccc34)cccc2[cH-]1.[CH3-].[CH3-].[Cl-].[Cl-].[Si].[Zr+2]. The Morgan fingerprint density at radius 3 is 1.06 bits per heavy atom. The molecule has 0 saturated carbocycles. The zero-order valence-corrected chi connectivity index (χ0v) is 35.9. The van der Waals surface area contributed by atoms with Gasteiger partial charge in [0.1, 0.15) is 0 Å². The predicted molar refractivity (Wildman–Crippen MR) is 228 cm³/mol. The third-order valence-electron chi connectivity index (χ3n) is 9.91. The molecule has 0 spiro atoms. The van der Waals surface area contributed by atoms with E-state index in [0.717, 1.165) is 0 Å². The maximum atomic E-state index is 2.34. The molecule has 54 heavy (non-hydrogen) atoms. The minimum absolute atomic E-state index is 0. The second-order valence-electron chi connectivity index (χ2n) is 13.1. The quantitative estimate of drug-likeness (QED) is 0.0938. The van der Waals surface area contributed by atoms with Gasteiger partial charge in [-0.05, 0) is 66.3 Å². The molecule has 0 nitrogen and oxygen atoms in total. The first kappa shape index (κ1) is 44.1. The van der Waals surface area contributed by atoms with Gasteiger partial charge >= 0.3 is 26.2 Å². The van der Waals surface area contributed by atoms with Crippen molar-refractivity contribution in [2.75, 3.05) is 0 Å². The van der Waals surface area contributed by atoms with Crippen molar-refractivity contribution in [2.45, 2.75) is 13.8 Å². The maximum Gasteiger partial charge on any atom is 2.00 e. The fourth-order valence-electron chi connectivity index (χ4n) is 7.79. The van der Waals surface area contributed by atoms with Crippen molar-refractivity contribution in [1.82, 2.24) is 0 Å². The number of fused-ring (bicyclic) bond motifs is 8. The second kappa shape index (κ2) is 18.4. The van der Waals surface area contributed by atoms with Crippen LogP contribution in [0.25, 0.3) is 86.9 Å². The molecule has 0 atom stereocenters. The van der Waals surface area contributed by atoms with Gasteiger partial charge < -0.3 is 39.7 Å². The van der Waals surface area contributed by atoms with Crippen LogP contribution in [0.2, 0.25) is 0 Å². The maximum absolute atomic E-state index is 2.34. The van der Waals surface area contributed by atoms with Crippen LogP contribution in [0.15, 0.2) is 170 Å². The molecule has 0 aliphatic heterocycles. The van der Waals surface area contributed by atoms with Gasteiger partial charge in [0.15, 0.2) is 0 Å². The molecule has 10 aromatic rings. The number of aryl methyl sites for hydroxylation is 2. The van der Waals surface area contributed by atoms with E-state index in [0.29, 0.717) is 0 Å². The van der Waals surface area contributed by atoms with Crippen molar-refractivity contribution in [3.8, 4) is 22.3 Å². The minimum atomic E-state index is 0. The van der Waals surface area contributed by atoms with Crippen molar-refractivity contribution >= 4 is 75.6 Å². The summed E-state index contributed by atoms with van der Waals surface area (Å²) in [6.45, 7) is 4.34. The summed E-state index contributed by atoms with van der Waals surface area (Å²) < 4.78 is 0. The Morgan fingerprint density at radius 2 is 0.667 bits per heavy atom. The van der Waals surface area contributed by atoms with Gasteiger partial charge in [0.25, 0.3) is 0 Å². The number of hydrogen-bond donors (Lipinski definition) is 0. The first-order valence-electron chi connectivity index (χ1n) is 16.8. The van der Waals surface area contributed by atoms with E-state index in [4.69, 9.17) is 0 Å². The summed E-state index contributed by atoms with van der Waals surface area (Å²) >= 11 is 0. The Kier molecular flexibility index (Phi) is 15.0. The van der Waals surface area contributed by atoms with E-state index in [1.807, 2.05) is 0 Å². The van der Waals surface area contributed by atoms with Crippen molar-refractivity contribution in [3.63, 3.8) is 0 Å². The molecule has 0 saturated heterocycles. The molecule has 0 unspecified atom stereocenters. The number of benzene rings is 8. The van der Waals surface area contributed by atoms with Gasteiger partial charge in [0.05, 0.1) is 0 Å². The molecule has 0 aliphatic carbocycles. The predicted octanol–water partition coefficient (Wildman–Crippen LogP) is 8.21. The molecule has 0 bridgehead atoms. The van der Waals surface area contributed by atoms with Crippen LogP contribution in [0.5, 0.6) is 0 Å². The fraction of sp³-hybridized carbons (Fsp3) is 0.0400. The molecule has 4 radical (unpaired) electrons. The van der Waals surface area contributed by atoms with Crippen molar-refractivity contribution in [1.29, 1.82) is 0 Å². The Hall–Kier alpha value is -4.30. The summed E-state index contributed by atoms with van der Waals surface area (Å²) in [7, 11) is 0. The van der Waals surface area contributed by atoms with Crippen molar-refractivity contribution < 1.29 is 51.0 Å². The first-order valence-corrected chi connectivity index (χ1v) is 16.8. The number of rotatable bonds is 2. The summed E-state index contributed by atoms with van der Waals surface area (Å²) in [5, 5.41) is 15.9. The third kappa shape index (κ3) is 7.77. The summed E-state index contributed by atoms with van der Waals surface area (Å²) in [5.74, 6) is 0. The van der Waals surface area contributed by atoms with Gasteiger partial charge in [0.2, 0.25) is 0 Å². The van der Waals surface area contributed by atoms with E-state index in [1.165, 1.54) is 98.0 Å². The average Bonchev–Trinajstić information content (AvgIpc) is 3.72. The summed E-state index contributed by atoms with van der Waals surface area (Å²) in [4.78, 5) is 0. The van der Waals surface area contributed by atoms with Crippen LogP contribution < -0.4 is 24.8 Å². The Bertz CT molecular complexity index is 2630. The summed E-state index contributed by atoms with van der Waals surface area (Å²) in [6.07, 6.45) is 0. The van der Waals surface area contributed by atoms with Crippen LogP contribution >= 0.6 is 0 Å². The molecule has 0 N–H and O–H groups in total. The summed E-state index contributed by atoms with van der Waals surface area (Å²) in [5.41, 5.74) is 7.93.